The molecule has 0 aromatic heterocycles. The summed E-state index contributed by atoms with van der Waals surface area (Å²) in [5, 5.41) is 2.65. The molecule has 0 saturated carbocycles. The second kappa shape index (κ2) is 6.53. The maximum atomic E-state index is 13.9. The summed E-state index contributed by atoms with van der Waals surface area (Å²) in [6, 6.07) is 8.02. The minimum atomic E-state index is -0.981. The van der Waals surface area contributed by atoms with Crippen molar-refractivity contribution in [2.75, 3.05) is 12.4 Å². The second-order valence-corrected chi connectivity index (χ2v) is 4.72. The van der Waals surface area contributed by atoms with Crippen molar-refractivity contribution in [3.05, 3.63) is 64.2 Å². The monoisotopic (exact) mass is 323 g/mol. The summed E-state index contributed by atoms with van der Waals surface area (Å²) in [6.07, 6.45) is 0. The zero-order valence-electron chi connectivity index (χ0n) is 11.5. The molecule has 0 heterocycles. The molecule has 1 amide bonds. The highest BCUT2D eigenvalue weighted by atomic mass is 35.5. The first-order valence-corrected chi connectivity index (χ1v) is 6.62. The molecule has 0 fully saturated rings. The maximum Gasteiger partial charge on any atom is 0.283 e. The Kier molecular flexibility index (Phi) is 4.72. The number of amidine groups is 1. The van der Waals surface area contributed by atoms with Gasteiger partial charge in [-0.2, -0.15) is 4.99 Å². The maximum absolute atomic E-state index is 13.9. The predicted molar refractivity (Wildman–Crippen MR) is 82.4 cm³/mol. The number of hydrogen-bond acceptors (Lipinski definition) is 2. The lowest BCUT2D eigenvalue weighted by atomic mass is 10.1. The number of nitrogens with zero attached hydrogens (tertiary/aromatic N) is 1. The largest absolute Gasteiger partial charge is 0.387 e. The Morgan fingerprint density at radius 3 is 2.32 bits per heavy atom. The topological polar surface area (TPSA) is 67.5 Å². The molecule has 0 bridgehead atoms. The number of anilines is 1. The van der Waals surface area contributed by atoms with Crippen LogP contribution in [0.3, 0.4) is 0 Å². The number of rotatable bonds is 3. The molecule has 0 aliphatic rings. The quantitative estimate of drug-likeness (QED) is 0.673. The van der Waals surface area contributed by atoms with Crippen LogP contribution in [0, 0.1) is 11.6 Å². The summed E-state index contributed by atoms with van der Waals surface area (Å²) in [4.78, 5) is 15.6. The van der Waals surface area contributed by atoms with Gasteiger partial charge >= 0.3 is 0 Å². The van der Waals surface area contributed by atoms with Gasteiger partial charge in [0.1, 0.15) is 17.5 Å². The normalized spacial score (nSPS) is 11.4. The molecular formula is C15H12ClF2N3O. The first kappa shape index (κ1) is 15.9. The zero-order chi connectivity index (χ0) is 16.3. The van der Waals surface area contributed by atoms with Crippen LogP contribution in [0.5, 0.6) is 0 Å². The van der Waals surface area contributed by atoms with Gasteiger partial charge in [0, 0.05) is 12.7 Å². The standard InChI is InChI=1S/C15H12ClF2N3O/c1-20-11-7-3-6-10(18)13(11)14(19)21-15(22)12-8(16)4-2-5-9(12)17/h2-7,20H,1H3,(H2,19,21,22). The minimum absolute atomic E-state index is 0.0641. The number of nitrogens with one attached hydrogen (secondary N) is 1. The molecule has 4 nitrogen and oxygen atoms in total. The molecule has 2 rings (SSSR count). The van der Waals surface area contributed by atoms with E-state index in [4.69, 9.17) is 17.3 Å². The SMILES string of the molecule is CNc1cccc(F)c1C(N)=NC(=O)c1c(F)cccc1Cl. The Balaban J connectivity index is 2.48. The lowest BCUT2D eigenvalue weighted by molar-refractivity contribution is 0.0999. The third kappa shape index (κ3) is 3.07. The fourth-order valence-corrected chi connectivity index (χ4v) is 2.16. The average molecular weight is 324 g/mol. The van der Waals surface area contributed by atoms with Crippen LogP contribution in [0.1, 0.15) is 15.9 Å². The van der Waals surface area contributed by atoms with E-state index in [-0.39, 0.29) is 16.4 Å². The van der Waals surface area contributed by atoms with Crippen LogP contribution < -0.4 is 11.1 Å². The van der Waals surface area contributed by atoms with Gasteiger partial charge in [-0.3, -0.25) is 4.79 Å². The minimum Gasteiger partial charge on any atom is -0.387 e. The van der Waals surface area contributed by atoms with Crippen LogP contribution in [0.15, 0.2) is 41.4 Å². The molecule has 3 N–H and O–H groups in total. The Bertz CT molecular complexity index is 742. The van der Waals surface area contributed by atoms with E-state index in [1.54, 1.807) is 13.1 Å². The number of amides is 1. The van der Waals surface area contributed by atoms with E-state index in [1.807, 2.05) is 0 Å². The van der Waals surface area contributed by atoms with Crippen LogP contribution in [-0.4, -0.2) is 18.8 Å². The number of carbonyl (C=O) groups excluding carboxylic acids is 1. The van der Waals surface area contributed by atoms with Gasteiger partial charge in [0.25, 0.3) is 5.91 Å². The third-order valence-electron chi connectivity index (χ3n) is 2.94. The van der Waals surface area contributed by atoms with Gasteiger partial charge in [-0.15, -0.1) is 0 Å². The van der Waals surface area contributed by atoms with Gasteiger partial charge in [0.05, 0.1) is 16.1 Å². The van der Waals surface area contributed by atoms with Crippen LogP contribution in [0.2, 0.25) is 5.02 Å². The van der Waals surface area contributed by atoms with E-state index < -0.39 is 23.1 Å². The fraction of sp³-hybridized carbons (Fsp3) is 0.0667. The Hall–Kier alpha value is -2.47. The van der Waals surface area contributed by atoms with E-state index >= 15 is 0 Å². The second-order valence-electron chi connectivity index (χ2n) is 4.31. The summed E-state index contributed by atoms with van der Waals surface area (Å²) in [5.41, 5.74) is 5.58. The lowest BCUT2D eigenvalue weighted by Gasteiger charge is -2.09. The number of nitrogens with two attached hydrogens (primary N) is 1. The Morgan fingerprint density at radius 2 is 1.73 bits per heavy atom. The van der Waals surface area contributed by atoms with Crippen LogP contribution in [-0.2, 0) is 0 Å². The molecule has 7 heteroatoms. The lowest BCUT2D eigenvalue weighted by Crippen LogP contribution is -2.19. The van der Waals surface area contributed by atoms with Gasteiger partial charge in [-0.25, -0.2) is 8.78 Å². The van der Waals surface area contributed by atoms with Gasteiger partial charge in [0.2, 0.25) is 0 Å². The molecule has 0 unspecified atom stereocenters. The third-order valence-corrected chi connectivity index (χ3v) is 3.25. The van der Waals surface area contributed by atoms with Crippen molar-refractivity contribution in [1.29, 1.82) is 0 Å². The van der Waals surface area contributed by atoms with E-state index in [1.165, 1.54) is 24.3 Å². The van der Waals surface area contributed by atoms with E-state index in [0.29, 0.717) is 5.69 Å². The molecule has 0 radical (unpaired) electrons. The number of aliphatic imine (C=N–C) groups is 1. The molecule has 0 saturated heterocycles. The summed E-state index contributed by atoms with van der Waals surface area (Å²) in [5.74, 6) is -2.82. The van der Waals surface area contributed by atoms with E-state index in [2.05, 4.69) is 10.3 Å². The van der Waals surface area contributed by atoms with Crippen LogP contribution in [0.4, 0.5) is 14.5 Å². The van der Waals surface area contributed by atoms with Crippen molar-refractivity contribution in [3.63, 3.8) is 0 Å². The highest BCUT2D eigenvalue weighted by Crippen LogP contribution is 2.22. The molecule has 2 aromatic rings. The van der Waals surface area contributed by atoms with Crippen molar-refractivity contribution >= 4 is 29.0 Å². The molecule has 0 atom stereocenters. The first-order valence-electron chi connectivity index (χ1n) is 6.24. The number of halogens is 3. The highest BCUT2D eigenvalue weighted by Gasteiger charge is 2.18. The van der Waals surface area contributed by atoms with Crippen molar-refractivity contribution in [2.24, 2.45) is 10.7 Å². The molecule has 0 spiro atoms. The summed E-state index contributed by atoms with van der Waals surface area (Å²) < 4.78 is 27.6. The van der Waals surface area contributed by atoms with Crippen molar-refractivity contribution < 1.29 is 13.6 Å². The Morgan fingerprint density at radius 1 is 1.14 bits per heavy atom. The molecule has 0 aliphatic carbocycles. The van der Waals surface area contributed by atoms with Crippen LogP contribution >= 0.6 is 11.6 Å². The smallest absolute Gasteiger partial charge is 0.283 e. The average Bonchev–Trinajstić information content (AvgIpc) is 2.46. The fourth-order valence-electron chi connectivity index (χ4n) is 1.92. The molecule has 22 heavy (non-hydrogen) atoms. The summed E-state index contributed by atoms with van der Waals surface area (Å²) in [6.45, 7) is 0. The molecule has 114 valence electrons. The number of hydrogen-bond donors (Lipinski definition) is 2. The summed E-state index contributed by atoms with van der Waals surface area (Å²) >= 11 is 5.79. The van der Waals surface area contributed by atoms with Crippen molar-refractivity contribution in [1.82, 2.24) is 0 Å². The van der Waals surface area contributed by atoms with E-state index in [0.717, 1.165) is 6.07 Å². The number of carbonyl (C=O) groups is 1. The van der Waals surface area contributed by atoms with Gasteiger partial charge < -0.3 is 11.1 Å². The zero-order valence-corrected chi connectivity index (χ0v) is 12.3. The molecule has 2 aromatic carbocycles. The van der Waals surface area contributed by atoms with Crippen LogP contribution in [0.25, 0.3) is 0 Å². The predicted octanol–water partition coefficient (Wildman–Crippen LogP) is 3.21. The Labute approximate surface area is 130 Å². The number of benzene rings is 2. The van der Waals surface area contributed by atoms with E-state index in [9.17, 15) is 13.6 Å². The van der Waals surface area contributed by atoms with Crippen molar-refractivity contribution in [3.8, 4) is 0 Å². The summed E-state index contributed by atoms with van der Waals surface area (Å²) in [7, 11) is 1.57. The van der Waals surface area contributed by atoms with Gasteiger partial charge in [-0.1, -0.05) is 23.7 Å². The van der Waals surface area contributed by atoms with Crippen molar-refractivity contribution in [2.45, 2.75) is 0 Å². The van der Waals surface area contributed by atoms with Gasteiger partial charge in [-0.05, 0) is 24.3 Å². The van der Waals surface area contributed by atoms with Gasteiger partial charge in [0.15, 0.2) is 0 Å². The highest BCUT2D eigenvalue weighted by molar-refractivity contribution is 6.34. The molecular weight excluding hydrogens is 312 g/mol. The molecule has 0 aliphatic heterocycles. The first-order chi connectivity index (χ1) is 10.5.